The molecule has 3 heteroatoms. The Morgan fingerprint density at radius 2 is 2.11 bits per heavy atom. The number of alkyl carbamates (subject to hydrolysis) is 1. The van der Waals surface area contributed by atoms with Gasteiger partial charge < -0.3 is 10.1 Å². The van der Waals surface area contributed by atoms with E-state index in [1.165, 1.54) is 12.8 Å². The van der Waals surface area contributed by atoms with E-state index in [-0.39, 0.29) is 12.1 Å². The molecule has 98 valence electrons. The van der Waals surface area contributed by atoms with Crippen LogP contribution in [0.4, 0.5) is 4.79 Å². The van der Waals surface area contributed by atoms with Gasteiger partial charge >= 0.3 is 6.09 Å². The number of benzene rings is 1. The molecule has 1 aliphatic rings. The summed E-state index contributed by atoms with van der Waals surface area (Å²) < 4.78 is 5.22. The van der Waals surface area contributed by atoms with Crippen molar-refractivity contribution in [1.82, 2.24) is 5.32 Å². The van der Waals surface area contributed by atoms with Crippen molar-refractivity contribution in [2.75, 3.05) is 0 Å². The fourth-order valence-electron chi connectivity index (χ4n) is 2.50. The maximum Gasteiger partial charge on any atom is 0.407 e. The summed E-state index contributed by atoms with van der Waals surface area (Å²) in [5.41, 5.74) is 1.02. The second-order valence-electron chi connectivity index (χ2n) is 5.17. The van der Waals surface area contributed by atoms with Crippen LogP contribution in [0, 0.1) is 5.92 Å². The lowest BCUT2D eigenvalue weighted by Gasteiger charge is -2.27. The zero-order chi connectivity index (χ0) is 12.8. The number of rotatable bonds is 3. The van der Waals surface area contributed by atoms with Gasteiger partial charge in [0.15, 0.2) is 0 Å². The lowest BCUT2D eigenvalue weighted by molar-refractivity contribution is 0.131. The van der Waals surface area contributed by atoms with Gasteiger partial charge in [-0.05, 0) is 24.3 Å². The first-order valence-corrected chi connectivity index (χ1v) is 6.71. The van der Waals surface area contributed by atoms with Gasteiger partial charge in [0, 0.05) is 6.04 Å². The Kier molecular flexibility index (Phi) is 4.62. The molecule has 0 unspecified atom stereocenters. The van der Waals surface area contributed by atoms with Crippen molar-refractivity contribution in [2.24, 2.45) is 5.92 Å². The Morgan fingerprint density at radius 1 is 1.33 bits per heavy atom. The highest BCUT2D eigenvalue weighted by Crippen LogP contribution is 2.23. The maximum absolute atomic E-state index is 11.7. The molecule has 1 fully saturated rings. The largest absolute Gasteiger partial charge is 0.445 e. The van der Waals surface area contributed by atoms with Crippen LogP contribution in [0.5, 0.6) is 0 Å². The molecule has 1 aromatic rings. The molecule has 18 heavy (non-hydrogen) atoms. The van der Waals surface area contributed by atoms with Crippen molar-refractivity contribution in [3.05, 3.63) is 35.9 Å². The molecule has 0 saturated heterocycles. The van der Waals surface area contributed by atoms with E-state index in [9.17, 15) is 4.79 Å². The van der Waals surface area contributed by atoms with Crippen molar-refractivity contribution in [3.8, 4) is 0 Å². The minimum Gasteiger partial charge on any atom is -0.445 e. The van der Waals surface area contributed by atoms with Crippen LogP contribution in [0.15, 0.2) is 30.3 Å². The highest BCUT2D eigenvalue weighted by atomic mass is 16.5. The van der Waals surface area contributed by atoms with E-state index >= 15 is 0 Å². The number of carbonyl (C=O) groups excluding carboxylic acids is 1. The molecule has 2 rings (SSSR count). The lowest BCUT2D eigenvalue weighted by Crippen LogP contribution is -2.38. The third-order valence-electron chi connectivity index (χ3n) is 3.47. The minimum absolute atomic E-state index is 0.289. The molecule has 1 aliphatic carbocycles. The summed E-state index contributed by atoms with van der Waals surface area (Å²) in [4.78, 5) is 11.7. The van der Waals surface area contributed by atoms with E-state index in [1.54, 1.807) is 0 Å². The predicted molar refractivity (Wildman–Crippen MR) is 71.2 cm³/mol. The molecule has 0 spiro atoms. The van der Waals surface area contributed by atoms with Gasteiger partial charge in [-0.25, -0.2) is 4.79 Å². The maximum atomic E-state index is 11.7. The van der Waals surface area contributed by atoms with Gasteiger partial charge in [0.05, 0.1) is 0 Å². The van der Waals surface area contributed by atoms with Gasteiger partial charge in [-0.15, -0.1) is 0 Å². The van der Waals surface area contributed by atoms with Gasteiger partial charge in [-0.2, -0.15) is 0 Å². The number of nitrogens with one attached hydrogen (secondary N) is 1. The predicted octanol–water partition coefficient (Wildman–Crippen LogP) is 3.49. The Hall–Kier alpha value is -1.51. The summed E-state index contributed by atoms with van der Waals surface area (Å²) in [5.74, 6) is 0.707. The second-order valence-corrected chi connectivity index (χ2v) is 5.17. The molecular weight excluding hydrogens is 226 g/mol. The van der Waals surface area contributed by atoms with Gasteiger partial charge in [0.25, 0.3) is 0 Å². The van der Waals surface area contributed by atoms with Crippen molar-refractivity contribution in [3.63, 3.8) is 0 Å². The molecule has 3 nitrogen and oxygen atoms in total. The summed E-state index contributed by atoms with van der Waals surface area (Å²) in [7, 11) is 0. The summed E-state index contributed by atoms with van der Waals surface area (Å²) in [6.45, 7) is 2.58. The van der Waals surface area contributed by atoms with Crippen molar-refractivity contribution in [1.29, 1.82) is 0 Å². The van der Waals surface area contributed by atoms with Crippen molar-refractivity contribution >= 4 is 6.09 Å². The molecule has 1 amide bonds. The van der Waals surface area contributed by atoms with Crippen LogP contribution >= 0.6 is 0 Å². The standard InChI is InChI=1S/C15H21NO2/c1-12-6-5-9-14(10-12)16-15(17)18-11-13-7-3-2-4-8-13/h2-4,7-8,12,14H,5-6,9-11H2,1H3,(H,16,17)/t12-,14-/m1/s1. The molecule has 0 aliphatic heterocycles. The third-order valence-corrected chi connectivity index (χ3v) is 3.47. The highest BCUT2D eigenvalue weighted by molar-refractivity contribution is 5.67. The minimum atomic E-state index is -0.294. The number of ether oxygens (including phenoxy) is 1. The van der Waals surface area contributed by atoms with Gasteiger partial charge in [-0.3, -0.25) is 0 Å². The molecule has 0 heterocycles. The first-order valence-electron chi connectivity index (χ1n) is 6.71. The van der Waals surface area contributed by atoms with Gasteiger partial charge in [0.2, 0.25) is 0 Å². The molecular formula is C15H21NO2. The average molecular weight is 247 g/mol. The summed E-state index contributed by atoms with van der Waals surface area (Å²) >= 11 is 0. The monoisotopic (exact) mass is 247 g/mol. The normalized spacial score (nSPS) is 23.4. The van der Waals surface area contributed by atoms with Crippen LogP contribution in [0.3, 0.4) is 0 Å². The van der Waals surface area contributed by atoms with E-state index in [2.05, 4.69) is 12.2 Å². The van der Waals surface area contributed by atoms with Gasteiger partial charge in [-0.1, -0.05) is 50.1 Å². The number of amides is 1. The van der Waals surface area contributed by atoms with Crippen molar-refractivity contribution < 1.29 is 9.53 Å². The quantitative estimate of drug-likeness (QED) is 0.888. The molecule has 0 bridgehead atoms. The van der Waals surface area contributed by atoms with Gasteiger partial charge in [0.1, 0.15) is 6.61 Å². The first-order chi connectivity index (χ1) is 8.74. The summed E-state index contributed by atoms with van der Waals surface area (Å²) in [5, 5.41) is 2.96. The fourth-order valence-corrected chi connectivity index (χ4v) is 2.50. The molecule has 1 saturated carbocycles. The van der Waals surface area contributed by atoms with Crippen LogP contribution in [0.25, 0.3) is 0 Å². The number of hydrogen-bond acceptors (Lipinski definition) is 2. The Bertz CT molecular complexity index is 377. The number of carbonyl (C=O) groups is 1. The zero-order valence-electron chi connectivity index (χ0n) is 10.9. The fraction of sp³-hybridized carbons (Fsp3) is 0.533. The topological polar surface area (TPSA) is 38.3 Å². The molecule has 1 N–H and O–H groups in total. The van der Waals surface area contributed by atoms with E-state index in [1.807, 2.05) is 30.3 Å². The van der Waals surface area contributed by atoms with Crippen LogP contribution in [0.2, 0.25) is 0 Å². The Labute approximate surface area is 109 Å². The lowest BCUT2D eigenvalue weighted by atomic mass is 9.87. The average Bonchev–Trinajstić information content (AvgIpc) is 2.38. The Morgan fingerprint density at radius 3 is 2.83 bits per heavy atom. The second kappa shape index (κ2) is 6.43. The van der Waals surface area contributed by atoms with Crippen LogP contribution in [-0.4, -0.2) is 12.1 Å². The third kappa shape index (κ3) is 4.06. The van der Waals surface area contributed by atoms with E-state index in [4.69, 9.17) is 4.74 Å². The molecule has 0 radical (unpaired) electrons. The highest BCUT2D eigenvalue weighted by Gasteiger charge is 2.20. The smallest absolute Gasteiger partial charge is 0.407 e. The summed E-state index contributed by atoms with van der Waals surface area (Å²) in [6.07, 6.45) is 4.32. The van der Waals surface area contributed by atoms with Crippen molar-refractivity contribution in [2.45, 2.75) is 45.3 Å². The van der Waals surface area contributed by atoms with Crippen LogP contribution < -0.4 is 5.32 Å². The number of hydrogen-bond donors (Lipinski definition) is 1. The van der Waals surface area contributed by atoms with E-state index in [0.29, 0.717) is 12.5 Å². The van der Waals surface area contributed by atoms with Crippen LogP contribution in [0.1, 0.15) is 38.2 Å². The first kappa shape index (κ1) is 12.9. The SMILES string of the molecule is C[C@@H]1CCC[C@@H](NC(=O)OCc2ccccc2)C1. The Balaban J connectivity index is 1.72. The summed E-state index contributed by atoms with van der Waals surface area (Å²) in [6, 6.07) is 10.0. The van der Waals surface area contributed by atoms with E-state index < -0.39 is 0 Å². The molecule has 1 aromatic carbocycles. The zero-order valence-corrected chi connectivity index (χ0v) is 10.9. The van der Waals surface area contributed by atoms with E-state index in [0.717, 1.165) is 18.4 Å². The molecule has 0 aromatic heterocycles. The molecule has 2 atom stereocenters. The van der Waals surface area contributed by atoms with Crippen LogP contribution in [-0.2, 0) is 11.3 Å².